The maximum atomic E-state index is 2.65. The van der Waals surface area contributed by atoms with Crippen LogP contribution in [0.2, 0.25) is 0 Å². The highest BCUT2D eigenvalue weighted by molar-refractivity contribution is 8.00. The zero-order chi connectivity index (χ0) is 48.2. The Morgan fingerprint density at radius 1 is 0.284 bits per heavy atom. The molecule has 8 heteroatoms. The molecular formula is C66H40B2N4S2. The van der Waals surface area contributed by atoms with Gasteiger partial charge < -0.3 is 18.9 Å². The molecule has 0 saturated carbocycles. The molecule has 0 saturated heterocycles. The first-order valence-corrected chi connectivity index (χ1v) is 27.1. The Kier molecular flexibility index (Phi) is 8.57. The van der Waals surface area contributed by atoms with Crippen molar-refractivity contribution in [1.82, 2.24) is 9.13 Å². The fourth-order valence-corrected chi connectivity index (χ4v) is 15.9. The molecule has 342 valence electrons. The maximum absolute atomic E-state index is 2.65. The summed E-state index contributed by atoms with van der Waals surface area (Å²) in [5.41, 5.74) is 22.4. The minimum atomic E-state index is -0.0217. The Balaban J connectivity index is 1.03. The number of benzene rings is 11. The van der Waals surface area contributed by atoms with Crippen LogP contribution in [-0.4, -0.2) is 22.6 Å². The van der Waals surface area contributed by atoms with Crippen LogP contribution in [0.4, 0.5) is 34.1 Å². The topological polar surface area (TPSA) is 16.3 Å². The van der Waals surface area contributed by atoms with Crippen molar-refractivity contribution >= 4 is 147 Å². The average molecular weight is 975 g/mol. The predicted molar refractivity (Wildman–Crippen MR) is 315 cm³/mol. The Morgan fingerprint density at radius 2 is 0.649 bits per heavy atom. The van der Waals surface area contributed by atoms with Crippen LogP contribution in [0.3, 0.4) is 0 Å². The van der Waals surface area contributed by atoms with Gasteiger partial charge in [0.1, 0.15) is 0 Å². The summed E-state index contributed by atoms with van der Waals surface area (Å²) in [5, 5.41) is 5.17. The minimum absolute atomic E-state index is 0.0217. The highest BCUT2D eigenvalue weighted by atomic mass is 32.2. The van der Waals surface area contributed by atoms with E-state index in [1.165, 1.54) is 119 Å². The van der Waals surface area contributed by atoms with Crippen LogP contribution in [0.15, 0.2) is 262 Å². The van der Waals surface area contributed by atoms with Crippen LogP contribution in [0, 0.1) is 0 Å². The lowest BCUT2D eigenvalue weighted by molar-refractivity contribution is 1.17. The minimum Gasteiger partial charge on any atom is -0.311 e. The monoisotopic (exact) mass is 974 g/mol. The van der Waals surface area contributed by atoms with Gasteiger partial charge in [-0.2, -0.15) is 0 Å². The van der Waals surface area contributed by atoms with Gasteiger partial charge in [-0.15, -0.1) is 0 Å². The summed E-state index contributed by atoms with van der Waals surface area (Å²) in [6.07, 6.45) is 0. The van der Waals surface area contributed by atoms with Crippen molar-refractivity contribution in [2.75, 3.05) is 9.80 Å². The Labute approximate surface area is 437 Å². The van der Waals surface area contributed by atoms with Crippen LogP contribution >= 0.6 is 23.5 Å². The molecule has 0 unspecified atom stereocenters. The number of para-hydroxylation sites is 6. The Bertz CT molecular complexity index is 4230. The van der Waals surface area contributed by atoms with Gasteiger partial charge in [0, 0.05) is 86.6 Å². The third-order valence-corrected chi connectivity index (χ3v) is 18.6. The second-order valence-electron chi connectivity index (χ2n) is 19.9. The molecule has 0 amide bonds. The number of hydrogen-bond acceptors (Lipinski definition) is 4. The van der Waals surface area contributed by atoms with Crippen molar-refractivity contribution in [3.63, 3.8) is 0 Å². The third-order valence-electron chi connectivity index (χ3n) is 16.1. The largest absolute Gasteiger partial charge is 0.311 e. The predicted octanol–water partition coefficient (Wildman–Crippen LogP) is 13.4. The molecule has 11 aromatic carbocycles. The lowest BCUT2D eigenvalue weighted by Gasteiger charge is -2.44. The van der Waals surface area contributed by atoms with Crippen LogP contribution in [0.5, 0.6) is 0 Å². The Morgan fingerprint density at radius 3 is 1.08 bits per heavy atom. The van der Waals surface area contributed by atoms with Crippen LogP contribution in [0.1, 0.15) is 0 Å². The van der Waals surface area contributed by atoms with Gasteiger partial charge in [0.2, 0.25) is 13.4 Å². The number of hydrogen-bond donors (Lipinski definition) is 0. The van der Waals surface area contributed by atoms with E-state index in [2.05, 4.69) is 262 Å². The second kappa shape index (κ2) is 15.5. The number of anilines is 6. The van der Waals surface area contributed by atoms with Crippen LogP contribution in [0.25, 0.3) is 55.0 Å². The first kappa shape index (κ1) is 41.0. The summed E-state index contributed by atoms with van der Waals surface area (Å²) < 4.78 is 4.98. The van der Waals surface area contributed by atoms with Gasteiger partial charge in [0.05, 0.1) is 22.1 Å². The molecule has 4 aliphatic rings. The van der Waals surface area contributed by atoms with Gasteiger partial charge in [0.15, 0.2) is 0 Å². The van der Waals surface area contributed by atoms with Gasteiger partial charge in [-0.3, -0.25) is 0 Å². The average Bonchev–Trinajstić information content (AvgIpc) is 4.00. The number of nitrogens with zero attached hydrogens (tertiary/aromatic N) is 4. The summed E-state index contributed by atoms with van der Waals surface area (Å²) >= 11 is 3.90. The van der Waals surface area contributed by atoms with Gasteiger partial charge in [-0.05, 0) is 113 Å². The fraction of sp³-hybridized carbons (Fsp3) is 0. The first-order chi connectivity index (χ1) is 36.8. The van der Waals surface area contributed by atoms with E-state index >= 15 is 0 Å². The maximum Gasteiger partial charge on any atom is 0.249 e. The molecule has 17 rings (SSSR count). The lowest BCUT2D eigenvalue weighted by atomic mass is 9.31. The molecule has 0 fully saturated rings. The quantitative estimate of drug-likeness (QED) is 0.163. The molecule has 0 N–H and O–H groups in total. The summed E-state index contributed by atoms with van der Waals surface area (Å²) in [7, 11) is 0. The van der Waals surface area contributed by atoms with E-state index in [0.717, 1.165) is 22.7 Å². The molecule has 2 aromatic heterocycles. The van der Waals surface area contributed by atoms with E-state index in [4.69, 9.17) is 0 Å². The van der Waals surface area contributed by atoms with Gasteiger partial charge in [-0.1, -0.05) is 186 Å². The molecule has 0 spiro atoms. The van der Waals surface area contributed by atoms with Crippen LogP contribution in [-0.2, 0) is 0 Å². The van der Waals surface area contributed by atoms with Gasteiger partial charge in [-0.25, -0.2) is 0 Å². The van der Waals surface area contributed by atoms with Crippen molar-refractivity contribution in [3.05, 3.63) is 243 Å². The second-order valence-corrected chi connectivity index (χ2v) is 22.0. The highest BCUT2D eigenvalue weighted by Crippen LogP contribution is 2.52. The molecule has 13 aromatic rings. The molecule has 74 heavy (non-hydrogen) atoms. The normalized spacial score (nSPS) is 13.7. The molecule has 0 radical (unpaired) electrons. The number of fused-ring (bicyclic) bond motifs is 16. The molecule has 0 atom stereocenters. The van der Waals surface area contributed by atoms with E-state index in [1.807, 2.05) is 23.5 Å². The molecular weight excluding hydrogens is 935 g/mol. The van der Waals surface area contributed by atoms with Gasteiger partial charge in [0.25, 0.3) is 0 Å². The highest BCUT2D eigenvalue weighted by Gasteiger charge is 2.47. The number of rotatable bonds is 4. The zero-order valence-corrected chi connectivity index (χ0v) is 41.5. The molecule has 0 bridgehead atoms. The van der Waals surface area contributed by atoms with Crippen LogP contribution < -0.4 is 42.6 Å². The van der Waals surface area contributed by atoms with E-state index in [-0.39, 0.29) is 13.4 Å². The standard InChI is InChI=1S/C66H40B2N4S2/c1-5-21-41(22-6-1)69-51-33-17-13-29-45(51)61-55(69)39-57-63-65(61)73-59-35-19-15-31-47(59)67(63)49-37-50-54(38-53(49)71(57)43-25-9-3-10-26-43)72(44-27-11-4-12-28-44)58-40-56-62(66-64(58)68(50)48-32-16-20-36-60(48)74-66)46-30-14-18-34-52(46)70(56)42-23-7-2-8-24-42/h1-40H. The van der Waals surface area contributed by atoms with Crippen molar-refractivity contribution in [2.24, 2.45) is 0 Å². The SMILES string of the molecule is c1ccc(N2c3cc4c(cc3B3c5ccccc5Sc5c3c2cc2c5c3ccccc3n2-c2ccccc2)B2c3ccccc3Sc3c2c(cc2c3c3ccccc3n2-c2ccccc2)N4c2ccccc2)cc1. The van der Waals surface area contributed by atoms with E-state index in [0.29, 0.717) is 0 Å². The van der Waals surface area contributed by atoms with Crippen molar-refractivity contribution in [3.8, 4) is 11.4 Å². The zero-order valence-electron chi connectivity index (χ0n) is 39.9. The lowest BCUT2D eigenvalue weighted by Crippen LogP contribution is -2.64. The summed E-state index contributed by atoms with van der Waals surface area (Å²) in [6, 6.07) is 90.8. The summed E-state index contributed by atoms with van der Waals surface area (Å²) in [5.74, 6) is 0. The van der Waals surface area contributed by atoms with E-state index in [9.17, 15) is 0 Å². The fourth-order valence-electron chi connectivity index (χ4n) is 13.3. The molecule has 4 aliphatic heterocycles. The summed E-state index contributed by atoms with van der Waals surface area (Å²) in [4.78, 5) is 10.5. The smallest absolute Gasteiger partial charge is 0.249 e. The summed E-state index contributed by atoms with van der Waals surface area (Å²) in [6.45, 7) is -0.0435. The van der Waals surface area contributed by atoms with E-state index < -0.39 is 0 Å². The first-order valence-electron chi connectivity index (χ1n) is 25.5. The molecule has 0 aliphatic carbocycles. The van der Waals surface area contributed by atoms with Crippen molar-refractivity contribution in [1.29, 1.82) is 0 Å². The van der Waals surface area contributed by atoms with Gasteiger partial charge >= 0.3 is 0 Å². The third kappa shape index (κ3) is 5.53. The molecule has 6 heterocycles. The van der Waals surface area contributed by atoms with Crippen molar-refractivity contribution < 1.29 is 0 Å². The van der Waals surface area contributed by atoms with Crippen molar-refractivity contribution in [2.45, 2.75) is 19.6 Å². The number of aromatic nitrogens is 2. The van der Waals surface area contributed by atoms with E-state index in [1.54, 1.807) is 0 Å². The Hall–Kier alpha value is -8.55. The molecule has 4 nitrogen and oxygen atoms in total.